The molecular formula is C14H23N3. The lowest BCUT2D eigenvalue weighted by molar-refractivity contribution is 0.567. The van der Waals surface area contributed by atoms with Crippen LogP contribution in [-0.4, -0.2) is 16.7 Å². The van der Waals surface area contributed by atoms with E-state index in [4.69, 9.17) is 0 Å². The lowest BCUT2D eigenvalue weighted by Crippen LogP contribution is -2.23. The van der Waals surface area contributed by atoms with Crippen molar-refractivity contribution in [1.82, 2.24) is 15.5 Å². The van der Waals surface area contributed by atoms with E-state index < -0.39 is 0 Å². The molecule has 3 nitrogen and oxygen atoms in total. The molecule has 17 heavy (non-hydrogen) atoms. The first-order valence-corrected chi connectivity index (χ1v) is 6.82. The van der Waals surface area contributed by atoms with Gasteiger partial charge in [-0.2, -0.15) is 5.10 Å². The molecule has 0 aromatic carbocycles. The summed E-state index contributed by atoms with van der Waals surface area (Å²) in [4.78, 5) is 0. The monoisotopic (exact) mass is 233 g/mol. The first-order valence-electron chi connectivity index (χ1n) is 6.82. The van der Waals surface area contributed by atoms with Crippen LogP contribution >= 0.6 is 0 Å². The highest BCUT2D eigenvalue weighted by atomic mass is 15.1. The third-order valence-corrected chi connectivity index (χ3v) is 3.40. The van der Waals surface area contributed by atoms with Crippen LogP contribution in [0.1, 0.15) is 57.1 Å². The van der Waals surface area contributed by atoms with Crippen molar-refractivity contribution < 1.29 is 0 Å². The number of rotatable bonds is 5. The summed E-state index contributed by atoms with van der Waals surface area (Å²) >= 11 is 0. The van der Waals surface area contributed by atoms with Crippen LogP contribution in [0.4, 0.5) is 0 Å². The van der Waals surface area contributed by atoms with E-state index in [1.165, 1.54) is 44.1 Å². The smallest absolute Gasteiger partial charge is 0.0567 e. The van der Waals surface area contributed by atoms with Gasteiger partial charge in [-0.15, -0.1) is 0 Å². The summed E-state index contributed by atoms with van der Waals surface area (Å²) in [6.45, 7) is 3.27. The van der Waals surface area contributed by atoms with E-state index in [-0.39, 0.29) is 0 Å². The predicted molar refractivity (Wildman–Crippen MR) is 70.8 cm³/mol. The minimum Gasteiger partial charge on any atom is -0.306 e. The van der Waals surface area contributed by atoms with Crippen LogP contribution in [0.2, 0.25) is 0 Å². The van der Waals surface area contributed by atoms with Crippen LogP contribution in [0.15, 0.2) is 24.0 Å². The molecule has 0 saturated heterocycles. The number of nitrogens with zero attached hydrogens (tertiary/aromatic N) is 1. The largest absolute Gasteiger partial charge is 0.306 e. The molecule has 0 saturated carbocycles. The third kappa shape index (κ3) is 3.43. The van der Waals surface area contributed by atoms with Gasteiger partial charge in [0.05, 0.1) is 12.2 Å². The van der Waals surface area contributed by atoms with E-state index in [1.807, 2.05) is 12.4 Å². The highest BCUT2D eigenvalue weighted by Gasteiger charge is 2.17. The Balaban J connectivity index is 2.11. The van der Waals surface area contributed by atoms with Gasteiger partial charge in [0.2, 0.25) is 0 Å². The number of hydrogen-bond acceptors (Lipinski definition) is 2. The fourth-order valence-corrected chi connectivity index (χ4v) is 2.47. The lowest BCUT2D eigenvalue weighted by atomic mass is 9.97. The normalized spacial score (nSPS) is 18.5. The molecule has 0 spiro atoms. The molecular weight excluding hydrogens is 210 g/mol. The second kappa shape index (κ2) is 6.60. The molecule has 1 aliphatic rings. The van der Waals surface area contributed by atoms with E-state index >= 15 is 0 Å². The number of allylic oxidation sites excluding steroid dienone is 1. The summed E-state index contributed by atoms with van der Waals surface area (Å²) in [6.07, 6.45) is 14.1. The van der Waals surface area contributed by atoms with Gasteiger partial charge >= 0.3 is 0 Å². The zero-order valence-electron chi connectivity index (χ0n) is 10.7. The van der Waals surface area contributed by atoms with Crippen LogP contribution < -0.4 is 5.32 Å². The Hall–Kier alpha value is -1.09. The number of aromatic amines is 1. The number of aromatic nitrogens is 2. The summed E-state index contributed by atoms with van der Waals surface area (Å²) in [7, 11) is 0. The highest BCUT2D eigenvalue weighted by Crippen LogP contribution is 2.28. The molecule has 2 rings (SSSR count). The second-order valence-electron chi connectivity index (χ2n) is 4.80. The van der Waals surface area contributed by atoms with Crippen molar-refractivity contribution in [3.63, 3.8) is 0 Å². The van der Waals surface area contributed by atoms with E-state index in [1.54, 1.807) is 5.57 Å². The molecule has 94 valence electrons. The standard InChI is InChI=1S/C14H23N3/c1-2-9-15-14(13-10-16-17-11-13)12-7-5-3-4-6-8-12/h7,10-11,14-15H,2-6,8-9H2,1H3,(H,16,17). The van der Waals surface area contributed by atoms with Gasteiger partial charge < -0.3 is 5.32 Å². The van der Waals surface area contributed by atoms with Crippen molar-refractivity contribution in [3.8, 4) is 0 Å². The highest BCUT2D eigenvalue weighted by molar-refractivity contribution is 5.24. The Morgan fingerprint density at radius 1 is 1.41 bits per heavy atom. The molecule has 1 aromatic heterocycles. The average molecular weight is 233 g/mol. The van der Waals surface area contributed by atoms with Crippen molar-refractivity contribution in [2.75, 3.05) is 6.54 Å². The Morgan fingerprint density at radius 2 is 2.35 bits per heavy atom. The van der Waals surface area contributed by atoms with Crippen LogP contribution in [0.3, 0.4) is 0 Å². The SMILES string of the molecule is CCCNC(C1=CCCCCC1)c1cn[nH]c1. The molecule has 0 radical (unpaired) electrons. The van der Waals surface area contributed by atoms with Gasteiger partial charge in [-0.3, -0.25) is 5.10 Å². The van der Waals surface area contributed by atoms with Crippen molar-refractivity contribution in [1.29, 1.82) is 0 Å². The summed E-state index contributed by atoms with van der Waals surface area (Å²) in [5.41, 5.74) is 2.82. The average Bonchev–Trinajstić information content (AvgIpc) is 2.73. The topological polar surface area (TPSA) is 40.7 Å². The molecule has 0 aliphatic heterocycles. The zero-order chi connectivity index (χ0) is 11.9. The Bertz CT molecular complexity index is 340. The van der Waals surface area contributed by atoms with Crippen LogP contribution in [-0.2, 0) is 0 Å². The van der Waals surface area contributed by atoms with Crippen molar-refractivity contribution in [2.24, 2.45) is 0 Å². The summed E-state index contributed by atoms with van der Waals surface area (Å²) < 4.78 is 0. The van der Waals surface area contributed by atoms with Crippen LogP contribution in [0.5, 0.6) is 0 Å². The summed E-state index contributed by atoms with van der Waals surface area (Å²) in [6, 6.07) is 0.367. The summed E-state index contributed by atoms with van der Waals surface area (Å²) in [5, 5.41) is 10.6. The maximum absolute atomic E-state index is 4.08. The van der Waals surface area contributed by atoms with Gasteiger partial charge in [0.15, 0.2) is 0 Å². The van der Waals surface area contributed by atoms with Crippen LogP contribution in [0.25, 0.3) is 0 Å². The molecule has 1 aromatic rings. The maximum Gasteiger partial charge on any atom is 0.0567 e. The maximum atomic E-state index is 4.08. The van der Waals surface area contributed by atoms with Crippen LogP contribution in [0, 0.1) is 0 Å². The lowest BCUT2D eigenvalue weighted by Gasteiger charge is -2.20. The quantitative estimate of drug-likeness (QED) is 0.766. The predicted octanol–water partition coefficient (Wildman–Crippen LogP) is 3.34. The number of nitrogens with one attached hydrogen (secondary N) is 2. The van der Waals surface area contributed by atoms with Gasteiger partial charge in [-0.25, -0.2) is 0 Å². The number of hydrogen-bond donors (Lipinski definition) is 2. The molecule has 2 N–H and O–H groups in total. The van der Waals surface area contributed by atoms with Gasteiger partial charge in [0, 0.05) is 11.8 Å². The fourth-order valence-electron chi connectivity index (χ4n) is 2.47. The molecule has 0 bridgehead atoms. The zero-order valence-corrected chi connectivity index (χ0v) is 10.7. The van der Waals surface area contributed by atoms with E-state index in [2.05, 4.69) is 28.5 Å². The Morgan fingerprint density at radius 3 is 3.12 bits per heavy atom. The van der Waals surface area contributed by atoms with Gasteiger partial charge in [0.1, 0.15) is 0 Å². The van der Waals surface area contributed by atoms with E-state index in [0.717, 1.165) is 6.54 Å². The van der Waals surface area contributed by atoms with E-state index in [0.29, 0.717) is 6.04 Å². The molecule has 1 aliphatic carbocycles. The minimum atomic E-state index is 0.367. The third-order valence-electron chi connectivity index (χ3n) is 3.40. The Kier molecular flexibility index (Phi) is 4.80. The molecule has 0 amide bonds. The van der Waals surface area contributed by atoms with Crippen molar-refractivity contribution >= 4 is 0 Å². The Labute approximate surface area is 104 Å². The fraction of sp³-hybridized carbons (Fsp3) is 0.643. The minimum absolute atomic E-state index is 0.367. The summed E-state index contributed by atoms with van der Waals surface area (Å²) in [5.74, 6) is 0. The number of H-pyrrole nitrogens is 1. The first-order chi connectivity index (χ1) is 8.42. The first kappa shape index (κ1) is 12.4. The molecule has 3 heteroatoms. The molecule has 1 atom stereocenters. The van der Waals surface area contributed by atoms with Crippen molar-refractivity contribution in [3.05, 3.63) is 29.6 Å². The van der Waals surface area contributed by atoms with Crippen molar-refractivity contribution in [2.45, 2.75) is 51.5 Å². The van der Waals surface area contributed by atoms with Gasteiger partial charge in [-0.05, 0) is 38.6 Å². The molecule has 0 fully saturated rings. The van der Waals surface area contributed by atoms with Gasteiger partial charge in [-0.1, -0.05) is 25.0 Å². The molecule has 1 heterocycles. The molecule has 1 unspecified atom stereocenters. The van der Waals surface area contributed by atoms with E-state index in [9.17, 15) is 0 Å². The second-order valence-corrected chi connectivity index (χ2v) is 4.80. The van der Waals surface area contributed by atoms with Gasteiger partial charge in [0.25, 0.3) is 0 Å².